The Kier molecular flexibility index (Phi) is 6.18. The number of anilines is 1. The fourth-order valence-corrected chi connectivity index (χ4v) is 3.88. The lowest BCUT2D eigenvalue weighted by Gasteiger charge is -2.30. The predicted molar refractivity (Wildman–Crippen MR) is 101 cm³/mol. The number of aromatic nitrogens is 1. The van der Waals surface area contributed by atoms with Crippen LogP contribution in [0.2, 0.25) is 0 Å². The maximum atomic E-state index is 12.3. The van der Waals surface area contributed by atoms with Crippen LogP contribution in [-0.4, -0.2) is 36.0 Å². The summed E-state index contributed by atoms with van der Waals surface area (Å²) in [6.07, 6.45) is 2.58. The van der Waals surface area contributed by atoms with Crippen LogP contribution in [-0.2, 0) is 17.9 Å². The van der Waals surface area contributed by atoms with Crippen LogP contribution < -0.4 is 5.32 Å². The van der Waals surface area contributed by atoms with Crippen LogP contribution in [0.1, 0.15) is 41.4 Å². The number of ether oxygens (including phenoxy) is 1. The first-order chi connectivity index (χ1) is 12.1. The molecule has 1 amide bonds. The molecule has 1 aromatic carbocycles. The van der Waals surface area contributed by atoms with Gasteiger partial charge in [0.05, 0.1) is 12.3 Å². The van der Waals surface area contributed by atoms with E-state index in [-0.39, 0.29) is 5.91 Å². The van der Waals surface area contributed by atoms with Crippen molar-refractivity contribution >= 4 is 22.4 Å². The standard InChI is InChI=1S/C19H25N3O2S/c1-14-4-3-9-22(10-14)11-17-13-25-19(20-17)21-18(23)16-7-5-15(6-8-16)12-24-2/h5-8,13-14H,3-4,9-12H2,1-2H3,(H,20,21,23)/t14-/m1/s1. The number of nitrogens with zero attached hydrogens (tertiary/aromatic N) is 2. The molecular formula is C19H25N3O2S. The monoisotopic (exact) mass is 359 g/mol. The summed E-state index contributed by atoms with van der Waals surface area (Å²) in [7, 11) is 1.66. The Morgan fingerprint density at radius 2 is 2.20 bits per heavy atom. The summed E-state index contributed by atoms with van der Waals surface area (Å²) in [5.41, 5.74) is 2.71. The zero-order valence-corrected chi connectivity index (χ0v) is 15.6. The molecule has 3 rings (SSSR count). The Morgan fingerprint density at radius 3 is 2.92 bits per heavy atom. The van der Waals surface area contributed by atoms with Crippen molar-refractivity contribution < 1.29 is 9.53 Å². The van der Waals surface area contributed by atoms with E-state index in [9.17, 15) is 4.79 Å². The minimum atomic E-state index is -0.128. The summed E-state index contributed by atoms with van der Waals surface area (Å²) in [6.45, 7) is 5.98. The molecule has 1 N–H and O–H groups in total. The zero-order valence-electron chi connectivity index (χ0n) is 14.8. The quantitative estimate of drug-likeness (QED) is 0.853. The van der Waals surface area contributed by atoms with Gasteiger partial charge in [-0.1, -0.05) is 19.1 Å². The molecule has 1 fully saturated rings. The molecule has 1 atom stereocenters. The minimum Gasteiger partial charge on any atom is -0.380 e. The molecule has 2 aromatic rings. The van der Waals surface area contributed by atoms with Crippen molar-refractivity contribution in [1.29, 1.82) is 0 Å². The summed E-state index contributed by atoms with van der Waals surface area (Å²) in [5, 5.41) is 5.59. The molecule has 0 bridgehead atoms. The molecule has 2 heterocycles. The normalized spacial score (nSPS) is 18.2. The van der Waals surface area contributed by atoms with Gasteiger partial charge in [-0.3, -0.25) is 15.0 Å². The molecule has 1 aliphatic rings. The number of methoxy groups -OCH3 is 1. The summed E-state index contributed by atoms with van der Waals surface area (Å²) in [4.78, 5) is 19.4. The highest BCUT2D eigenvalue weighted by atomic mass is 32.1. The third-order valence-corrected chi connectivity index (χ3v) is 5.23. The Labute approximate surface area is 153 Å². The molecule has 25 heavy (non-hydrogen) atoms. The topological polar surface area (TPSA) is 54.5 Å². The Morgan fingerprint density at radius 1 is 1.40 bits per heavy atom. The molecule has 134 valence electrons. The molecule has 5 nitrogen and oxygen atoms in total. The van der Waals surface area contributed by atoms with Gasteiger partial charge in [0.1, 0.15) is 0 Å². The van der Waals surface area contributed by atoms with E-state index < -0.39 is 0 Å². The smallest absolute Gasteiger partial charge is 0.257 e. The minimum absolute atomic E-state index is 0.128. The van der Waals surface area contributed by atoms with Gasteiger partial charge in [-0.15, -0.1) is 11.3 Å². The fourth-order valence-electron chi connectivity index (χ4n) is 3.18. The number of likely N-dealkylation sites (tertiary alicyclic amines) is 1. The second-order valence-electron chi connectivity index (χ2n) is 6.71. The molecule has 6 heteroatoms. The van der Waals surface area contributed by atoms with Gasteiger partial charge >= 0.3 is 0 Å². The van der Waals surface area contributed by atoms with Gasteiger partial charge < -0.3 is 4.74 Å². The average Bonchev–Trinajstić information content (AvgIpc) is 3.02. The molecule has 1 aliphatic heterocycles. The van der Waals surface area contributed by atoms with Crippen LogP contribution in [0.15, 0.2) is 29.6 Å². The Hall–Kier alpha value is -1.76. The first kappa shape index (κ1) is 18.0. The first-order valence-electron chi connectivity index (χ1n) is 8.70. The molecule has 1 aromatic heterocycles. The molecule has 0 radical (unpaired) electrons. The number of carbonyl (C=O) groups excluding carboxylic acids is 1. The van der Waals surface area contributed by atoms with Crippen molar-refractivity contribution in [3.63, 3.8) is 0 Å². The summed E-state index contributed by atoms with van der Waals surface area (Å²) < 4.78 is 5.08. The molecule has 0 aliphatic carbocycles. The van der Waals surface area contributed by atoms with E-state index in [0.29, 0.717) is 17.3 Å². The van der Waals surface area contributed by atoms with Crippen molar-refractivity contribution in [3.05, 3.63) is 46.5 Å². The van der Waals surface area contributed by atoms with Gasteiger partial charge in [0, 0.05) is 31.1 Å². The van der Waals surface area contributed by atoms with Gasteiger partial charge in [-0.05, 0) is 43.0 Å². The molecule has 0 spiro atoms. The SMILES string of the molecule is COCc1ccc(C(=O)Nc2nc(CN3CCC[C@@H](C)C3)cs2)cc1. The van der Waals surface area contributed by atoms with Crippen molar-refractivity contribution in [2.24, 2.45) is 5.92 Å². The molecule has 1 saturated heterocycles. The second kappa shape index (κ2) is 8.56. The van der Waals surface area contributed by atoms with Crippen LogP contribution in [0.25, 0.3) is 0 Å². The van der Waals surface area contributed by atoms with Crippen LogP contribution >= 0.6 is 11.3 Å². The number of hydrogen-bond donors (Lipinski definition) is 1. The predicted octanol–water partition coefficient (Wildman–Crippen LogP) is 3.77. The van der Waals surface area contributed by atoms with Gasteiger partial charge in [-0.25, -0.2) is 4.98 Å². The summed E-state index contributed by atoms with van der Waals surface area (Å²) in [6, 6.07) is 7.44. The highest BCUT2D eigenvalue weighted by Gasteiger charge is 2.17. The highest BCUT2D eigenvalue weighted by Crippen LogP contribution is 2.21. The molecule has 0 unspecified atom stereocenters. The lowest BCUT2D eigenvalue weighted by atomic mass is 10.0. The zero-order chi connectivity index (χ0) is 17.6. The van der Waals surface area contributed by atoms with Gasteiger partial charge in [-0.2, -0.15) is 0 Å². The van der Waals surface area contributed by atoms with Crippen molar-refractivity contribution in [1.82, 2.24) is 9.88 Å². The van der Waals surface area contributed by atoms with Crippen molar-refractivity contribution in [2.75, 3.05) is 25.5 Å². The number of hydrogen-bond acceptors (Lipinski definition) is 5. The number of benzene rings is 1. The third kappa shape index (κ3) is 5.11. The number of rotatable bonds is 6. The maximum Gasteiger partial charge on any atom is 0.257 e. The van der Waals surface area contributed by atoms with Gasteiger partial charge in [0.15, 0.2) is 5.13 Å². The van der Waals surface area contributed by atoms with Crippen LogP contribution in [0.4, 0.5) is 5.13 Å². The van der Waals surface area contributed by atoms with E-state index in [0.717, 1.165) is 36.8 Å². The van der Waals surface area contributed by atoms with Gasteiger partial charge in [0.2, 0.25) is 0 Å². The molecular weight excluding hydrogens is 334 g/mol. The molecule has 0 saturated carbocycles. The van der Waals surface area contributed by atoms with E-state index >= 15 is 0 Å². The van der Waals surface area contributed by atoms with Crippen LogP contribution in [0.5, 0.6) is 0 Å². The van der Waals surface area contributed by atoms with Crippen LogP contribution in [0.3, 0.4) is 0 Å². The summed E-state index contributed by atoms with van der Waals surface area (Å²) >= 11 is 1.48. The second-order valence-corrected chi connectivity index (χ2v) is 7.57. The number of thiazole rings is 1. The van der Waals surface area contributed by atoms with E-state index in [1.807, 2.05) is 29.6 Å². The first-order valence-corrected chi connectivity index (χ1v) is 9.58. The summed E-state index contributed by atoms with van der Waals surface area (Å²) in [5.74, 6) is 0.629. The van der Waals surface area contributed by atoms with Crippen molar-refractivity contribution in [3.8, 4) is 0 Å². The van der Waals surface area contributed by atoms with Crippen molar-refractivity contribution in [2.45, 2.75) is 32.9 Å². The number of piperidine rings is 1. The van der Waals surface area contributed by atoms with E-state index in [1.165, 1.54) is 24.2 Å². The lowest BCUT2D eigenvalue weighted by molar-refractivity contribution is 0.102. The lowest BCUT2D eigenvalue weighted by Crippen LogP contribution is -2.33. The number of nitrogens with one attached hydrogen (secondary N) is 1. The van der Waals surface area contributed by atoms with E-state index in [4.69, 9.17) is 4.74 Å². The largest absolute Gasteiger partial charge is 0.380 e. The van der Waals surface area contributed by atoms with Gasteiger partial charge in [0.25, 0.3) is 5.91 Å². The average molecular weight is 359 g/mol. The fraction of sp³-hybridized carbons (Fsp3) is 0.474. The Balaban J connectivity index is 1.56. The Bertz CT molecular complexity index is 699. The third-order valence-electron chi connectivity index (χ3n) is 4.43. The van der Waals surface area contributed by atoms with E-state index in [2.05, 4.69) is 22.1 Å². The maximum absolute atomic E-state index is 12.3. The van der Waals surface area contributed by atoms with E-state index in [1.54, 1.807) is 7.11 Å². The number of carbonyl (C=O) groups is 1. The van der Waals surface area contributed by atoms with Crippen LogP contribution in [0, 0.1) is 5.92 Å². The number of amides is 1. The highest BCUT2D eigenvalue weighted by molar-refractivity contribution is 7.13.